The van der Waals surface area contributed by atoms with Crippen LogP contribution < -0.4 is 14.9 Å². The Morgan fingerprint density at radius 2 is 1.78 bits per heavy atom. The Hall–Kier alpha value is -3.32. The molecule has 7 heteroatoms. The summed E-state index contributed by atoms with van der Waals surface area (Å²) in [6, 6.07) is 12.3. The molecule has 0 saturated carbocycles. The van der Waals surface area contributed by atoms with Crippen molar-refractivity contribution < 1.29 is 18.7 Å². The first kappa shape index (κ1) is 25.8. The molecule has 0 aliphatic carbocycles. The second-order valence-corrected chi connectivity index (χ2v) is 9.42. The van der Waals surface area contributed by atoms with E-state index in [-0.39, 0.29) is 17.1 Å². The lowest BCUT2D eigenvalue weighted by Crippen LogP contribution is -2.32. The molecule has 1 unspecified atom stereocenters. The summed E-state index contributed by atoms with van der Waals surface area (Å²) in [5.41, 5.74) is 1.45. The Kier molecular flexibility index (Phi) is 8.31. The molecule has 1 aromatic heterocycles. The molecule has 7 nitrogen and oxygen atoms in total. The van der Waals surface area contributed by atoms with Crippen LogP contribution in [-0.2, 0) is 0 Å². The van der Waals surface area contributed by atoms with Gasteiger partial charge in [0.15, 0.2) is 16.9 Å². The van der Waals surface area contributed by atoms with Crippen molar-refractivity contribution in [3.63, 3.8) is 0 Å². The molecular formula is C29H36N2O5. The number of ether oxygens (including phenoxy) is 2. The van der Waals surface area contributed by atoms with E-state index in [2.05, 4.69) is 11.8 Å². The van der Waals surface area contributed by atoms with E-state index in [0.717, 1.165) is 37.8 Å². The minimum atomic E-state index is -0.552. The third kappa shape index (κ3) is 5.26. The van der Waals surface area contributed by atoms with Crippen LogP contribution in [0.25, 0.3) is 11.0 Å². The minimum Gasteiger partial charge on any atom is -0.490 e. The largest absolute Gasteiger partial charge is 0.490 e. The van der Waals surface area contributed by atoms with Gasteiger partial charge in [0.05, 0.1) is 30.2 Å². The number of rotatable bonds is 12. The number of benzene rings is 2. The van der Waals surface area contributed by atoms with Crippen molar-refractivity contribution in [2.24, 2.45) is 0 Å². The van der Waals surface area contributed by atoms with Crippen LogP contribution in [0.15, 0.2) is 51.7 Å². The zero-order chi connectivity index (χ0) is 25.7. The van der Waals surface area contributed by atoms with Crippen LogP contribution in [0.2, 0.25) is 0 Å². The highest BCUT2D eigenvalue weighted by Gasteiger charge is 2.42. The van der Waals surface area contributed by atoms with Gasteiger partial charge < -0.3 is 23.7 Å². The van der Waals surface area contributed by atoms with Crippen LogP contribution in [0.5, 0.6) is 11.5 Å². The van der Waals surface area contributed by atoms with E-state index in [9.17, 15) is 9.59 Å². The van der Waals surface area contributed by atoms with E-state index in [4.69, 9.17) is 13.9 Å². The number of amides is 1. The van der Waals surface area contributed by atoms with Crippen LogP contribution in [0.3, 0.4) is 0 Å². The molecule has 0 bridgehead atoms. The summed E-state index contributed by atoms with van der Waals surface area (Å²) in [4.78, 5) is 31.0. The summed E-state index contributed by atoms with van der Waals surface area (Å²) in [7, 11) is 4.01. The summed E-state index contributed by atoms with van der Waals surface area (Å²) < 4.78 is 18.0. The fourth-order valence-electron chi connectivity index (χ4n) is 4.72. The van der Waals surface area contributed by atoms with Crippen molar-refractivity contribution in [3.05, 3.63) is 69.6 Å². The quantitative estimate of drug-likeness (QED) is 0.321. The van der Waals surface area contributed by atoms with Crippen LogP contribution in [0, 0.1) is 0 Å². The number of nitrogens with zero attached hydrogens (tertiary/aromatic N) is 2. The maximum absolute atomic E-state index is 13.7. The van der Waals surface area contributed by atoms with Gasteiger partial charge in [-0.05, 0) is 70.2 Å². The van der Waals surface area contributed by atoms with Crippen LogP contribution in [0.1, 0.15) is 67.3 Å². The number of carbonyl (C=O) groups excluding carboxylic acids is 1. The highest BCUT2D eigenvalue weighted by molar-refractivity contribution is 5.99. The fraction of sp³-hybridized carbons (Fsp3) is 0.448. The smallest absolute Gasteiger partial charge is 0.290 e. The highest BCUT2D eigenvalue weighted by Crippen LogP contribution is 2.41. The monoisotopic (exact) mass is 492 g/mol. The first-order valence-corrected chi connectivity index (χ1v) is 12.9. The van der Waals surface area contributed by atoms with Crippen molar-refractivity contribution in [1.29, 1.82) is 0 Å². The Balaban J connectivity index is 1.77. The van der Waals surface area contributed by atoms with E-state index in [1.165, 1.54) is 0 Å². The summed E-state index contributed by atoms with van der Waals surface area (Å²) in [5.74, 6) is 1.16. The summed E-state index contributed by atoms with van der Waals surface area (Å²) >= 11 is 0. The normalized spacial score (nSPS) is 15.1. The Labute approximate surface area is 212 Å². The molecule has 0 radical (unpaired) electrons. The molecule has 2 heterocycles. The van der Waals surface area contributed by atoms with E-state index >= 15 is 0 Å². The second-order valence-electron chi connectivity index (χ2n) is 9.42. The van der Waals surface area contributed by atoms with Crippen LogP contribution >= 0.6 is 0 Å². The second kappa shape index (κ2) is 11.6. The molecule has 4 rings (SSSR count). The van der Waals surface area contributed by atoms with Gasteiger partial charge in [-0.15, -0.1) is 0 Å². The Bertz CT molecular complexity index is 1270. The summed E-state index contributed by atoms with van der Waals surface area (Å²) in [6.07, 6.45) is 3.97. The van der Waals surface area contributed by atoms with Crippen molar-refractivity contribution in [2.75, 3.05) is 40.4 Å². The molecule has 0 saturated heterocycles. The summed E-state index contributed by atoms with van der Waals surface area (Å²) in [6.45, 7) is 6.51. The minimum absolute atomic E-state index is 0.131. The van der Waals surface area contributed by atoms with Gasteiger partial charge in [0.2, 0.25) is 5.76 Å². The third-order valence-electron chi connectivity index (χ3n) is 6.47. The van der Waals surface area contributed by atoms with E-state index in [1.54, 1.807) is 23.1 Å². The zero-order valence-electron chi connectivity index (χ0n) is 21.7. The van der Waals surface area contributed by atoms with E-state index in [0.29, 0.717) is 47.8 Å². The van der Waals surface area contributed by atoms with Gasteiger partial charge in [0, 0.05) is 6.54 Å². The molecule has 0 N–H and O–H groups in total. The lowest BCUT2D eigenvalue weighted by atomic mass is 9.98. The van der Waals surface area contributed by atoms with E-state index in [1.807, 2.05) is 45.3 Å². The molecule has 1 aliphatic heterocycles. The lowest BCUT2D eigenvalue weighted by molar-refractivity contribution is 0.0722. The maximum atomic E-state index is 13.7. The molecule has 0 fully saturated rings. The lowest BCUT2D eigenvalue weighted by Gasteiger charge is -2.26. The molecule has 36 heavy (non-hydrogen) atoms. The van der Waals surface area contributed by atoms with Gasteiger partial charge in [-0.2, -0.15) is 0 Å². The van der Waals surface area contributed by atoms with Gasteiger partial charge in [0.1, 0.15) is 5.58 Å². The molecule has 0 spiro atoms. The Morgan fingerprint density at radius 3 is 2.53 bits per heavy atom. The van der Waals surface area contributed by atoms with Crippen LogP contribution in [0.4, 0.5) is 0 Å². The maximum Gasteiger partial charge on any atom is 0.290 e. The molecule has 1 atom stereocenters. The van der Waals surface area contributed by atoms with E-state index < -0.39 is 6.04 Å². The van der Waals surface area contributed by atoms with Crippen LogP contribution in [-0.4, -0.2) is 56.1 Å². The van der Waals surface area contributed by atoms with Crippen molar-refractivity contribution in [3.8, 4) is 11.5 Å². The molecule has 1 aliphatic rings. The average molecular weight is 493 g/mol. The standard InChI is InChI=1S/C29H36N2O5/c1-5-7-10-18-35-23-15-14-20(19-24(23)34-6-2)26-25-27(32)21-12-8-9-13-22(21)36-28(25)29(33)31(26)17-11-16-30(3)4/h8-9,12-15,19,26H,5-7,10-11,16-18H2,1-4H3. The number of carbonyl (C=O) groups is 1. The van der Waals surface area contributed by atoms with Gasteiger partial charge in [-0.25, -0.2) is 0 Å². The predicted molar refractivity (Wildman–Crippen MR) is 141 cm³/mol. The molecule has 1 amide bonds. The first-order chi connectivity index (χ1) is 17.5. The third-order valence-corrected chi connectivity index (χ3v) is 6.47. The van der Waals surface area contributed by atoms with Crippen molar-refractivity contribution in [2.45, 2.75) is 45.6 Å². The van der Waals surface area contributed by atoms with Gasteiger partial charge in [-0.1, -0.05) is 38.0 Å². The molecule has 3 aromatic rings. The average Bonchev–Trinajstić information content (AvgIpc) is 3.14. The topological polar surface area (TPSA) is 72.2 Å². The zero-order valence-corrected chi connectivity index (χ0v) is 21.7. The predicted octanol–water partition coefficient (Wildman–Crippen LogP) is 5.26. The van der Waals surface area contributed by atoms with Crippen molar-refractivity contribution in [1.82, 2.24) is 9.80 Å². The number of fused-ring (bicyclic) bond motifs is 2. The first-order valence-electron chi connectivity index (χ1n) is 12.9. The van der Waals surface area contributed by atoms with Gasteiger partial charge in [-0.3, -0.25) is 9.59 Å². The molecule has 2 aromatic carbocycles. The number of hydrogen-bond acceptors (Lipinski definition) is 6. The number of para-hydroxylation sites is 1. The molecular weight excluding hydrogens is 456 g/mol. The Morgan fingerprint density at radius 1 is 0.972 bits per heavy atom. The SMILES string of the molecule is CCCCCOc1ccc(C2c3c(oc4ccccc4c3=O)C(=O)N2CCCN(C)C)cc1OCC. The summed E-state index contributed by atoms with van der Waals surface area (Å²) in [5, 5.41) is 0.477. The highest BCUT2D eigenvalue weighted by atomic mass is 16.5. The van der Waals surface area contributed by atoms with Gasteiger partial charge in [0.25, 0.3) is 5.91 Å². The number of unbranched alkanes of at least 4 members (excludes halogenated alkanes) is 2. The van der Waals surface area contributed by atoms with Crippen molar-refractivity contribution >= 4 is 16.9 Å². The number of hydrogen-bond donors (Lipinski definition) is 0. The molecule has 192 valence electrons. The van der Waals surface area contributed by atoms with Gasteiger partial charge >= 0.3 is 0 Å². The fourth-order valence-corrected chi connectivity index (χ4v) is 4.72.